The van der Waals surface area contributed by atoms with E-state index in [0.717, 1.165) is 37.9 Å². The summed E-state index contributed by atoms with van der Waals surface area (Å²) >= 11 is 12.3. The molecule has 2 aromatic carbocycles. The molecule has 2 atom stereocenters. The fraction of sp³-hybridized carbons (Fsp3) is 0.478. The van der Waals surface area contributed by atoms with Crippen LogP contribution >= 0.6 is 23.2 Å². The van der Waals surface area contributed by atoms with E-state index < -0.39 is 0 Å². The van der Waals surface area contributed by atoms with E-state index in [4.69, 9.17) is 23.2 Å². The lowest BCUT2D eigenvalue weighted by Crippen LogP contribution is -2.54. The van der Waals surface area contributed by atoms with Crippen LogP contribution in [0.5, 0.6) is 0 Å². The van der Waals surface area contributed by atoms with Crippen molar-refractivity contribution in [3.8, 4) is 0 Å². The van der Waals surface area contributed by atoms with Crippen molar-refractivity contribution in [2.24, 2.45) is 5.41 Å². The molecule has 0 bridgehead atoms. The first-order valence-corrected chi connectivity index (χ1v) is 10.8. The minimum Gasteiger partial charge on any atom is -0.380 e. The Hall–Kier alpha value is -1.29. The lowest BCUT2D eigenvalue weighted by atomic mass is 9.66. The van der Waals surface area contributed by atoms with Crippen LogP contribution < -0.4 is 10.6 Å². The second-order valence-corrected chi connectivity index (χ2v) is 9.93. The summed E-state index contributed by atoms with van der Waals surface area (Å²) in [5.41, 5.74) is 1.95. The fourth-order valence-electron chi connectivity index (χ4n) is 4.88. The first-order chi connectivity index (χ1) is 13.3. The summed E-state index contributed by atoms with van der Waals surface area (Å²) in [6, 6.07) is 13.2. The third kappa shape index (κ3) is 3.77. The summed E-state index contributed by atoms with van der Waals surface area (Å²) in [5.74, 6) is -0.305. The zero-order valence-corrected chi connectivity index (χ0v) is 17.9. The van der Waals surface area contributed by atoms with E-state index in [0.29, 0.717) is 16.0 Å². The third-order valence-corrected chi connectivity index (χ3v) is 7.22. The summed E-state index contributed by atoms with van der Waals surface area (Å²) in [5, 5.41) is 8.37. The van der Waals surface area contributed by atoms with Crippen LogP contribution in [0, 0.1) is 11.2 Å². The predicted molar refractivity (Wildman–Crippen MR) is 116 cm³/mol. The summed E-state index contributed by atoms with van der Waals surface area (Å²) in [7, 11) is 0. The molecule has 1 heterocycles. The SMILES string of the molecule is CC1(C)CCC2(CC1)NCC(c1cccc(Cl)c1F)C2Nc1cccc(Cl)c1. The van der Waals surface area contributed by atoms with Crippen LogP contribution in [0.2, 0.25) is 10.0 Å². The van der Waals surface area contributed by atoms with Crippen LogP contribution in [-0.4, -0.2) is 18.1 Å². The van der Waals surface area contributed by atoms with Gasteiger partial charge in [0.1, 0.15) is 5.82 Å². The Balaban J connectivity index is 1.71. The van der Waals surface area contributed by atoms with Gasteiger partial charge in [-0.05, 0) is 60.9 Å². The van der Waals surface area contributed by atoms with Gasteiger partial charge in [-0.2, -0.15) is 0 Å². The molecule has 28 heavy (non-hydrogen) atoms. The Kier molecular flexibility index (Phi) is 5.37. The van der Waals surface area contributed by atoms with Gasteiger partial charge in [0, 0.05) is 28.7 Å². The van der Waals surface area contributed by atoms with Crippen molar-refractivity contribution in [3.05, 3.63) is 63.9 Å². The molecule has 2 unspecified atom stereocenters. The standard InChI is InChI=1S/C23H27Cl2FN2/c1-22(2)9-11-23(12-10-22)21(28-16-6-3-5-15(24)13-16)18(14-27-23)17-7-4-8-19(25)20(17)26/h3-8,13,18,21,27-28H,9-12,14H2,1-2H3. The molecule has 2 aromatic rings. The first kappa shape index (κ1) is 20.0. The van der Waals surface area contributed by atoms with Gasteiger partial charge in [-0.3, -0.25) is 0 Å². The molecule has 2 nitrogen and oxygen atoms in total. The highest BCUT2D eigenvalue weighted by atomic mass is 35.5. The Morgan fingerprint density at radius 2 is 1.75 bits per heavy atom. The third-order valence-electron chi connectivity index (χ3n) is 6.70. The number of benzene rings is 2. The predicted octanol–water partition coefficient (Wildman–Crippen LogP) is 6.64. The lowest BCUT2D eigenvalue weighted by molar-refractivity contribution is 0.141. The van der Waals surface area contributed by atoms with Gasteiger partial charge < -0.3 is 10.6 Å². The van der Waals surface area contributed by atoms with E-state index in [1.165, 1.54) is 0 Å². The van der Waals surface area contributed by atoms with E-state index >= 15 is 0 Å². The molecule has 0 aromatic heterocycles. The van der Waals surface area contributed by atoms with E-state index in [2.05, 4.69) is 24.5 Å². The Morgan fingerprint density at radius 1 is 1.04 bits per heavy atom. The Morgan fingerprint density at radius 3 is 2.46 bits per heavy atom. The average molecular weight is 421 g/mol. The maximum Gasteiger partial charge on any atom is 0.145 e. The van der Waals surface area contributed by atoms with Crippen LogP contribution in [-0.2, 0) is 0 Å². The van der Waals surface area contributed by atoms with E-state index in [1.54, 1.807) is 6.07 Å². The van der Waals surface area contributed by atoms with E-state index in [1.807, 2.05) is 36.4 Å². The maximum absolute atomic E-state index is 14.9. The van der Waals surface area contributed by atoms with Crippen LogP contribution in [0.15, 0.2) is 42.5 Å². The van der Waals surface area contributed by atoms with Crippen molar-refractivity contribution in [2.45, 2.75) is 57.0 Å². The second kappa shape index (κ2) is 7.51. The number of rotatable bonds is 3. The number of hydrogen-bond acceptors (Lipinski definition) is 2. The average Bonchev–Trinajstić information content (AvgIpc) is 2.99. The van der Waals surface area contributed by atoms with Crippen LogP contribution in [0.3, 0.4) is 0 Å². The van der Waals surface area contributed by atoms with Crippen molar-refractivity contribution >= 4 is 28.9 Å². The van der Waals surface area contributed by atoms with Crippen molar-refractivity contribution in [1.29, 1.82) is 0 Å². The molecule has 0 amide bonds. The highest BCUT2D eigenvalue weighted by Gasteiger charge is 2.51. The molecule has 1 saturated heterocycles. The molecule has 0 radical (unpaired) electrons. The molecule has 2 aliphatic rings. The van der Waals surface area contributed by atoms with Gasteiger partial charge in [0.25, 0.3) is 0 Å². The molecule has 1 saturated carbocycles. The molecule has 1 aliphatic heterocycles. The first-order valence-electron chi connectivity index (χ1n) is 10.0. The quantitative estimate of drug-likeness (QED) is 0.581. The molecule has 1 aliphatic carbocycles. The molecule has 2 fully saturated rings. The number of nitrogens with one attached hydrogen (secondary N) is 2. The highest BCUT2D eigenvalue weighted by molar-refractivity contribution is 6.31. The van der Waals surface area contributed by atoms with Gasteiger partial charge in [0.2, 0.25) is 0 Å². The van der Waals surface area contributed by atoms with Gasteiger partial charge >= 0.3 is 0 Å². The molecule has 1 spiro atoms. The van der Waals surface area contributed by atoms with E-state index in [-0.39, 0.29) is 28.3 Å². The van der Waals surface area contributed by atoms with Crippen molar-refractivity contribution in [2.75, 3.05) is 11.9 Å². The van der Waals surface area contributed by atoms with Gasteiger partial charge in [-0.15, -0.1) is 0 Å². The van der Waals surface area contributed by atoms with Crippen molar-refractivity contribution < 1.29 is 4.39 Å². The normalized spacial score (nSPS) is 25.8. The molecular weight excluding hydrogens is 394 g/mol. The molecular formula is C23H27Cl2FN2. The summed E-state index contributed by atoms with van der Waals surface area (Å²) in [6.07, 6.45) is 4.44. The topological polar surface area (TPSA) is 24.1 Å². The minimum absolute atomic E-state index is 0.00102. The zero-order valence-electron chi connectivity index (χ0n) is 16.4. The van der Waals surface area contributed by atoms with Crippen LogP contribution in [0.25, 0.3) is 0 Å². The Labute approximate surface area is 176 Å². The largest absolute Gasteiger partial charge is 0.380 e. The molecule has 150 valence electrons. The van der Waals surface area contributed by atoms with Crippen molar-refractivity contribution in [1.82, 2.24) is 5.32 Å². The smallest absolute Gasteiger partial charge is 0.145 e. The van der Waals surface area contributed by atoms with Crippen LogP contribution in [0.4, 0.5) is 10.1 Å². The minimum atomic E-state index is -0.304. The van der Waals surface area contributed by atoms with Crippen LogP contribution in [0.1, 0.15) is 51.0 Å². The number of anilines is 1. The van der Waals surface area contributed by atoms with Crippen molar-refractivity contribution in [3.63, 3.8) is 0 Å². The summed E-state index contributed by atoms with van der Waals surface area (Å²) in [4.78, 5) is 0. The van der Waals surface area contributed by atoms with Gasteiger partial charge in [0.15, 0.2) is 0 Å². The Bertz CT molecular complexity index is 857. The molecule has 2 N–H and O–H groups in total. The monoisotopic (exact) mass is 420 g/mol. The highest BCUT2D eigenvalue weighted by Crippen LogP contribution is 2.48. The van der Waals surface area contributed by atoms with Gasteiger partial charge in [-0.25, -0.2) is 4.39 Å². The summed E-state index contributed by atoms with van der Waals surface area (Å²) < 4.78 is 14.9. The number of hydrogen-bond donors (Lipinski definition) is 2. The summed E-state index contributed by atoms with van der Waals surface area (Å²) in [6.45, 7) is 5.40. The molecule has 4 rings (SSSR count). The lowest BCUT2D eigenvalue weighted by Gasteiger charge is -2.46. The second-order valence-electron chi connectivity index (χ2n) is 9.08. The number of halogens is 3. The molecule has 5 heteroatoms. The van der Waals surface area contributed by atoms with Gasteiger partial charge in [-0.1, -0.05) is 55.2 Å². The fourth-order valence-corrected chi connectivity index (χ4v) is 5.25. The van der Waals surface area contributed by atoms with Gasteiger partial charge in [0.05, 0.1) is 11.1 Å². The maximum atomic E-state index is 14.9. The zero-order chi connectivity index (χ0) is 19.9. The van der Waals surface area contributed by atoms with E-state index in [9.17, 15) is 4.39 Å².